The van der Waals surface area contributed by atoms with Crippen molar-refractivity contribution in [1.29, 1.82) is 0 Å². The molecule has 0 atom stereocenters. The van der Waals surface area contributed by atoms with Gasteiger partial charge < -0.3 is 14.8 Å². The van der Waals surface area contributed by atoms with Gasteiger partial charge in [-0.1, -0.05) is 62.4 Å². The second-order valence-corrected chi connectivity index (χ2v) is 7.45. The molecule has 0 unspecified atom stereocenters. The quantitative estimate of drug-likeness (QED) is 0.255. The van der Waals surface area contributed by atoms with Gasteiger partial charge in [0, 0.05) is 48.7 Å². The highest BCUT2D eigenvalue weighted by molar-refractivity contribution is 6.08. The Hall–Kier alpha value is -1.53. The SMILES string of the molecule is CCN(CC)CCNCc1nccc2c3ccccc3n(Cc3ccccc3)c12.Cl.Cl.Cl.Cl. The number of hydrogen-bond acceptors (Lipinski definition) is 3. The van der Waals surface area contributed by atoms with Gasteiger partial charge in [0.2, 0.25) is 0 Å². The molecule has 4 nitrogen and oxygen atoms in total. The molecule has 1 N–H and O–H groups in total. The summed E-state index contributed by atoms with van der Waals surface area (Å²) in [6.07, 6.45) is 1.95. The average Bonchev–Trinajstić information content (AvgIpc) is 3.09. The van der Waals surface area contributed by atoms with E-state index in [-0.39, 0.29) is 49.6 Å². The molecule has 0 aliphatic carbocycles. The largest absolute Gasteiger partial charge is 0.334 e. The maximum Gasteiger partial charge on any atom is 0.0784 e. The van der Waals surface area contributed by atoms with Crippen LogP contribution in [0.15, 0.2) is 66.9 Å². The lowest BCUT2D eigenvalue weighted by Gasteiger charge is -2.18. The molecule has 4 aromatic rings. The topological polar surface area (TPSA) is 33.1 Å². The monoisotopic (exact) mass is 530 g/mol. The first-order valence-corrected chi connectivity index (χ1v) is 10.6. The van der Waals surface area contributed by atoms with E-state index in [1.54, 1.807) is 0 Å². The molecule has 0 bridgehead atoms. The van der Waals surface area contributed by atoms with Crippen molar-refractivity contribution >= 4 is 71.4 Å². The van der Waals surface area contributed by atoms with E-state index in [9.17, 15) is 0 Å². The number of halogens is 4. The van der Waals surface area contributed by atoms with E-state index in [2.05, 4.69) is 89.3 Å². The molecular weight excluding hydrogens is 498 g/mol. The maximum atomic E-state index is 4.76. The van der Waals surface area contributed by atoms with E-state index >= 15 is 0 Å². The lowest BCUT2D eigenvalue weighted by Crippen LogP contribution is -2.31. The van der Waals surface area contributed by atoms with E-state index in [0.29, 0.717) is 0 Å². The number of pyridine rings is 1. The first-order valence-electron chi connectivity index (χ1n) is 10.6. The molecule has 33 heavy (non-hydrogen) atoms. The zero-order chi connectivity index (χ0) is 20.1. The van der Waals surface area contributed by atoms with Crippen molar-refractivity contribution in [3.8, 4) is 0 Å². The maximum absolute atomic E-state index is 4.76. The van der Waals surface area contributed by atoms with Crippen LogP contribution < -0.4 is 5.32 Å². The summed E-state index contributed by atoms with van der Waals surface area (Å²) in [6, 6.07) is 21.5. The Morgan fingerprint density at radius 2 is 1.48 bits per heavy atom. The highest BCUT2D eigenvalue weighted by Crippen LogP contribution is 2.31. The van der Waals surface area contributed by atoms with Crippen molar-refractivity contribution < 1.29 is 0 Å². The van der Waals surface area contributed by atoms with Gasteiger partial charge in [0.15, 0.2) is 0 Å². The standard InChI is InChI=1S/C25H30N4.4ClH/c1-3-28(4-2)17-16-26-18-23-25-22(14-15-27-23)21-12-8-9-13-24(21)29(25)19-20-10-6-5-7-11-20;;;;/h5-15,26H,3-4,16-19H2,1-2H3;4*1H. The summed E-state index contributed by atoms with van der Waals surface area (Å²) in [6.45, 7) is 10.3. The first-order chi connectivity index (χ1) is 14.3. The van der Waals surface area contributed by atoms with Crippen LogP contribution in [0.25, 0.3) is 21.8 Å². The number of aromatic nitrogens is 2. The van der Waals surface area contributed by atoms with E-state index in [0.717, 1.165) is 45.0 Å². The first kappa shape index (κ1) is 31.5. The second-order valence-electron chi connectivity index (χ2n) is 7.45. The summed E-state index contributed by atoms with van der Waals surface area (Å²) in [4.78, 5) is 7.20. The van der Waals surface area contributed by atoms with Crippen molar-refractivity contribution in [2.24, 2.45) is 0 Å². The molecule has 0 aliphatic heterocycles. The minimum absolute atomic E-state index is 0. The molecule has 0 spiro atoms. The number of para-hydroxylation sites is 1. The van der Waals surface area contributed by atoms with Gasteiger partial charge >= 0.3 is 0 Å². The zero-order valence-electron chi connectivity index (χ0n) is 19.1. The normalized spacial score (nSPS) is 10.3. The Morgan fingerprint density at radius 3 is 2.18 bits per heavy atom. The molecular formula is C25H34Cl4N4. The predicted molar refractivity (Wildman–Crippen MR) is 151 cm³/mol. The van der Waals surface area contributed by atoms with Gasteiger partial charge in [0.25, 0.3) is 0 Å². The van der Waals surface area contributed by atoms with Crippen LogP contribution in [0.5, 0.6) is 0 Å². The number of fused-ring (bicyclic) bond motifs is 3. The van der Waals surface area contributed by atoms with Gasteiger partial charge in [0.1, 0.15) is 0 Å². The number of likely N-dealkylation sites (N-methyl/N-ethyl adjacent to an activating group) is 1. The summed E-state index contributed by atoms with van der Waals surface area (Å²) in [7, 11) is 0. The highest BCUT2D eigenvalue weighted by Gasteiger charge is 2.14. The molecule has 2 aromatic heterocycles. The van der Waals surface area contributed by atoms with Crippen molar-refractivity contribution in [2.75, 3.05) is 26.2 Å². The number of nitrogens with one attached hydrogen (secondary N) is 1. The lowest BCUT2D eigenvalue weighted by molar-refractivity contribution is 0.302. The Bertz CT molecular complexity index is 1080. The van der Waals surface area contributed by atoms with Crippen LogP contribution in [0, 0.1) is 0 Å². The molecule has 2 aromatic carbocycles. The molecule has 0 fully saturated rings. The van der Waals surface area contributed by atoms with Gasteiger partial charge in [0.05, 0.1) is 11.2 Å². The summed E-state index contributed by atoms with van der Waals surface area (Å²) in [5.74, 6) is 0. The molecule has 0 amide bonds. The molecule has 0 saturated carbocycles. The minimum Gasteiger partial charge on any atom is -0.334 e. The van der Waals surface area contributed by atoms with Crippen molar-refractivity contribution in [3.05, 3.63) is 78.1 Å². The molecule has 0 radical (unpaired) electrons. The van der Waals surface area contributed by atoms with Crippen LogP contribution in [0.3, 0.4) is 0 Å². The van der Waals surface area contributed by atoms with Gasteiger partial charge in [-0.2, -0.15) is 0 Å². The Balaban J connectivity index is 0.00000256. The van der Waals surface area contributed by atoms with Crippen LogP contribution in [0.2, 0.25) is 0 Å². The zero-order valence-corrected chi connectivity index (χ0v) is 22.3. The predicted octanol–water partition coefficient (Wildman–Crippen LogP) is 6.36. The van der Waals surface area contributed by atoms with Crippen molar-refractivity contribution in [2.45, 2.75) is 26.9 Å². The summed E-state index contributed by atoms with van der Waals surface area (Å²) < 4.78 is 2.43. The fourth-order valence-electron chi connectivity index (χ4n) is 4.12. The smallest absolute Gasteiger partial charge is 0.0784 e. The van der Waals surface area contributed by atoms with E-state index < -0.39 is 0 Å². The average molecular weight is 532 g/mol. The molecule has 4 rings (SSSR count). The van der Waals surface area contributed by atoms with Crippen LogP contribution in [0.4, 0.5) is 0 Å². The lowest BCUT2D eigenvalue weighted by atomic mass is 10.1. The van der Waals surface area contributed by atoms with E-state index in [4.69, 9.17) is 4.98 Å². The number of rotatable bonds is 9. The van der Waals surface area contributed by atoms with Crippen LogP contribution in [-0.2, 0) is 13.1 Å². The van der Waals surface area contributed by atoms with Crippen molar-refractivity contribution in [3.63, 3.8) is 0 Å². The fraction of sp³-hybridized carbons (Fsp3) is 0.320. The summed E-state index contributed by atoms with van der Waals surface area (Å²) in [5.41, 5.74) is 4.94. The van der Waals surface area contributed by atoms with Crippen molar-refractivity contribution in [1.82, 2.24) is 19.8 Å². The summed E-state index contributed by atoms with van der Waals surface area (Å²) >= 11 is 0. The Morgan fingerprint density at radius 1 is 0.818 bits per heavy atom. The number of hydrogen-bond donors (Lipinski definition) is 1. The Labute approximate surface area is 221 Å². The third-order valence-electron chi connectivity index (χ3n) is 5.73. The molecule has 8 heteroatoms. The van der Waals surface area contributed by atoms with Crippen LogP contribution in [0.1, 0.15) is 25.1 Å². The number of benzene rings is 2. The molecule has 0 saturated heterocycles. The minimum atomic E-state index is 0. The third-order valence-corrected chi connectivity index (χ3v) is 5.73. The van der Waals surface area contributed by atoms with Gasteiger partial charge in [-0.15, -0.1) is 49.6 Å². The van der Waals surface area contributed by atoms with E-state index in [1.807, 2.05) is 6.20 Å². The van der Waals surface area contributed by atoms with Gasteiger partial charge in [-0.3, -0.25) is 4.98 Å². The van der Waals surface area contributed by atoms with Gasteiger partial charge in [-0.05, 0) is 30.8 Å². The Kier molecular flexibility index (Phi) is 14.7. The van der Waals surface area contributed by atoms with Crippen LogP contribution in [-0.4, -0.2) is 40.6 Å². The summed E-state index contributed by atoms with van der Waals surface area (Å²) in [5, 5.41) is 6.19. The fourth-order valence-corrected chi connectivity index (χ4v) is 4.12. The van der Waals surface area contributed by atoms with Gasteiger partial charge in [-0.25, -0.2) is 0 Å². The number of nitrogens with zero attached hydrogens (tertiary/aromatic N) is 3. The molecule has 0 aliphatic rings. The highest BCUT2D eigenvalue weighted by atomic mass is 35.5. The molecule has 182 valence electrons. The van der Waals surface area contributed by atoms with Crippen LogP contribution >= 0.6 is 49.6 Å². The second kappa shape index (κ2) is 15.4. The van der Waals surface area contributed by atoms with E-state index in [1.165, 1.54) is 27.4 Å². The molecule has 2 heterocycles. The third kappa shape index (κ3) is 7.22.